The van der Waals surface area contributed by atoms with Gasteiger partial charge in [-0.05, 0) is 30.7 Å². The van der Waals surface area contributed by atoms with E-state index < -0.39 is 24.9 Å². The largest absolute Gasteiger partial charge is 0.370 e. The summed E-state index contributed by atoms with van der Waals surface area (Å²) in [4.78, 5) is 12.5. The Labute approximate surface area is 180 Å². The Morgan fingerprint density at radius 2 is 1.91 bits per heavy atom. The average Bonchev–Trinajstić information content (AvgIpc) is 3.08. The average molecular weight is 453 g/mol. The number of hydrogen-bond acceptors (Lipinski definition) is 3. The van der Waals surface area contributed by atoms with Crippen molar-refractivity contribution in [3.63, 3.8) is 0 Å². The number of aromatic nitrogens is 2. The van der Waals surface area contributed by atoms with Crippen LogP contribution in [-0.2, 0) is 17.9 Å². The molecule has 5 nitrogen and oxygen atoms in total. The summed E-state index contributed by atoms with van der Waals surface area (Å²) in [5.74, 6) is -4.87. The number of ether oxygens (including phenoxy) is 1. The maximum atomic E-state index is 13.9. The highest BCUT2D eigenvalue weighted by molar-refractivity contribution is 6.03. The van der Waals surface area contributed by atoms with E-state index in [1.807, 2.05) is 0 Å². The summed E-state index contributed by atoms with van der Waals surface area (Å²) in [6.45, 7) is 0.153. The molecule has 0 bridgehead atoms. The third-order valence-electron chi connectivity index (χ3n) is 4.57. The highest BCUT2D eigenvalue weighted by atomic mass is 19.3. The van der Waals surface area contributed by atoms with E-state index in [2.05, 4.69) is 15.2 Å². The fourth-order valence-electron chi connectivity index (χ4n) is 2.88. The number of alkyl halides is 4. The summed E-state index contributed by atoms with van der Waals surface area (Å²) in [6, 6.07) is 13.8. The van der Waals surface area contributed by atoms with Crippen molar-refractivity contribution in [1.29, 1.82) is 0 Å². The summed E-state index contributed by atoms with van der Waals surface area (Å²) in [5.41, 5.74) is 1.71. The first-order chi connectivity index (χ1) is 15.2. The summed E-state index contributed by atoms with van der Waals surface area (Å²) in [6.07, 6.45) is -3.82. The van der Waals surface area contributed by atoms with Gasteiger partial charge in [0.1, 0.15) is 12.4 Å². The molecule has 10 heteroatoms. The zero-order valence-electron chi connectivity index (χ0n) is 17.0. The van der Waals surface area contributed by atoms with E-state index in [1.165, 1.54) is 30.3 Å². The van der Waals surface area contributed by atoms with E-state index in [9.17, 15) is 26.7 Å². The number of amides is 1. The molecule has 0 aliphatic heterocycles. The van der Waals surface area contributed by atoms with Crippen LogP contribution in [0.2, 0.25) is 0 Å². The molecule has 3 rings (SSSR count). The molecular formula is C22H20F5N3O2. The molecule has 0 saturated carbocycles. The van der Waals surface area contributed by atoms with Crippen molar-refractivity contribution in [2.75, 3.05) is 11.9 Å². The Kier molecular flexibility index (Phi) is 7.24. The summed E-state index contributed by atoms with van der Waals surface area (Å²) in [5, 5.41) is 6.88. The van der Waals surface area contributed by atoms with Gasteiger partial charge in [0.15, 0.2) is 5.82 Å². The van der Waals surface area contributed by atoms with Gasteiger partial charge in [0.05, 0.1) is 13.2 Å². The molecule has 1 amide bonds. The molecule has 0 saturated heterocycles. The fourth-order valence-corrected chi connectivity index (χ4v) is 2.88. The smallest absolute Gasteiger partial charge is 0.330 e. The van der Waals surface area contributed by atoms with Crippen molar-refractivity contribution in [1.82, 2.24) is 9.78 Å². The molecular weight excluding hydrogens is 433 g/mol. The number of carbonyl (C=O) groups is 1. The Morgan fingerprint density at radius 1 is 1.16 bits per heavy atom. The Balaban J connectivity index is 1.63. The number of halogens is 5. The van der Waals surface area contributed by atoms with Gasteiger partial charge in [0.2, 0.25) is 0 Å². The van der Waals surface area contributed by atoms with Gasteiger partial charge in [-0.1, -0.05) is 30.3 Å². The summed E-state index contributed by atoms with van der Waals surface area (Å²) in [7, 11) is 0. The predicted octanol–water partition coefficient (Wildman–Crippen LogP) is 5.05. The van der Waals surface area contributed by atoms with Crippen molar-refractivity contribution in [3.05, 3.63) is 82.8 Å². The van der Waals surface area contributed by atoms with Crippen LogP contribution in [0.3, 0.4) is 0 Å². The molecule has 1 aromatic heterocycles. The summed E-state index contributed by atoms with van der Waals surface area (Å²) < 4.78 is 70.3. The van der Waals surface area contributed by atoms with Crippen LogP contribution in [-0.4, -0.2) is 34.6 Å². The minimum Gasteiger partial charge on any atom is -0.370 e. The molecule has 32 heavy (non-hydrogen) atoms. The minimum absolute atomic E-state index is 0.185. The normalized spacial score (nSPS) is 11.7. The number of benzene rings is 2. The first-order valence-corrected chi connectivity index (χ1v) is 9.57. The highest BCUT2D eigenvalue weighted by Crippen LogP contribution is 2.23. The zero-order chi connectivity index (χ0) is 23.3. The maximum absolute atomic E-state index is 13.9. The van der Waals surface area contributed by atoms with E-state index in [0.29, 0.717) is 16.8 Å². The Bertz CT molecular complexity index is 1080. The zero-order valence-corrected chi connectivity index (χ0v) is 17.0. The second kappa shape index (κ2) is 9.90. The lowest BCUT2D eigenvalue weighted by Crippen LogP contribution is -2.32. The topological polar surface area (TPSA) is 56.1 Å². The van der Waals surface area contributed by atoms with E-state index >= 15 is 0 Å². The SMILES string of the molecule is Cc1cc(NC(=O)c2cccc(COCC(F)(F)C(F)F)c2)nn1Cc1ccccc1F. The van der Waals surface area contributed by atoms with Gasteiger partial charge in [-0.3, -0.25) is 9.48 Å². The van der Waals surface area contributed by atoms with Crippen LogP contribution >= 0.6 is 0 Å². The molecule has 2 aromatic carbocycles. The van der Waals surface area contributed by atoms with E-state index in [0.717, 1.165) is 0 Å². The predicted molar refractivity (Wildman–Crippen MR) is 107 cm³/mol. The molecule has 0 spiro atoms. The van der Waals surface area contributed by atoms with Crippen molar-refractivity contribution in [2.45, 2.75) is 32.4 Å². The lowest BCUT2D eigenvalue weighted by Gasteiger charge is -2.15. The first kappa shape index (κ1) is 23.4. The standard InChI is InChI=1S/C22H20F5N3O2/c1-14-9-19(29-30(14)11-17-6-2-3-8-18(17)23)28-20(31)16-7-4-5-15(10-16)12-32-13-22(26,27)21(24)25/h2-10,21H,11-13H2,1H3,(H,28,29,31). The van der Waals surface area contributed by atoms with E-state index in [4.69, 9.17) is 0 Å². The number of nitrogens with one attached hydrogen (secondary N) is 1. The highest BCUT2D eigenvalue weighted by Gasteiger charge is 2.40. The molecule has 1 N–H and O–H groups in total. The molecule has 3 aromatic rings. The van der Waals surface area contributed by atoms with Crippen LogP contribution < -0.4 is 5.32 Å². The van der Waals surface area contributed by atoms with Crippen LogP contribution in [0.25, 0.3) is 0 Å². The minimum atomic E-state index is -4.24. The molecule has 0 fully saturated rings. The van der Waals surface area contributed by atoms with Crippen molar-refractivity contribution in [3.8, 4) is 0 Å². The molecule has 1 heterocycles. The molecule has 0 radical (unpaired) electrons. The third kappa shape index (κ3) is 5.91. The fraction of sp³-hybridized carbons (Fsp3) is 0.273. The third-order valence-corrected chi connectivity index (χ3v) is 4.57. The van der Waals surface area contributed by atoms with Crippen molar-refractivity contribution >= 4 is 11.7 Å². The molecule has 0 unspecified atom stereocenters. The molecule has 0 atom stereocenters. The first-order valence-electron chi connectivity index (χ1n) is 9.57. The Morgan fingerprint density at radius 3 is 2.62 bits per heavy atom. The maximum Gasteiger partial charge on any atom is 0.330 e. The van der Waals surface area contributed by atoms with Crippen molar-refractivity contribution in [2.24, 2.45) is 0 Å². The second-order valence-corrected chi connectivity index (χ2v) is 7.13. The van der Waals surface area contributed by atoms with Gasteiger partial charge in [0, 0.05) is 22.9 Å². The number of nitrogens with zero attached hydrogens (tertiary/aromatic N) is 2. The van der Waals surface area contributed by atoms with Gasteiger partial charge >= 0.3 is 12.3 Å². The van der Waals surface area contributed by atoms with Crippen LogP contribution in [0.1, 0.15) is 27.2 Å². The quantitative estimate of drug-likeness (QED) is 0.462. The molecule has 0 aliphatic rings. The molecule has 170 valence electrons. The van der Waals surface area contributed by atoms with Crippen LogP contribution in [0.4, 0.5) is 27.8 Å². The van der Waals surface area contributed by atoms with E-state index in [-0.39, 0.29) is 30.4 Å². The number of hydrogen-bond donors (Lipinski definition) is 1. The van der Waals surface area contributed by atoms with Gasteiger partial charge in [-0.15, -0.1) is 0 Å². The van der Waals surface area contributed by atoms with Crippen LogP contribution in [0, 0.1) is 12.7 Å². The van der Waals surface area contributed by atoms with Gasteiger partial charge in [-0.25, -0.2) is 13.2 Å². The van der Waals surface area contributed by atoms with Crippen molar-refractivity contribution < 1.29 is 31.5 Å². The number of carbonyl (C=O) groups excluding carboxylic acids is 1. The van der Waals surface area contributed by atoms with Gasteiger partial charge in [0.25, 0.3) is 5.91 Å². The number of rotatable bonds is 9. The lowest BCUT2D eigenvalue weighted by molar-refractivity contribution is -0.168. The second-order valence-electron chi connectivity index (χ2n) is 7.13. The Hall–Kier alpha value is -3.27. The van der Waals surface area contributed by atoms with Gasteiger partial charge in [-0.2, -0.15) is 13.9 Å². The lowest BCUT2D eigenvalue weighted by atomic mass is 10.1. The summed E-state index contributed by atoms with van der Waals surface area (Å²) >= 11 is 0. The molecule has 0 aliphatic carbocycles. The van der Waals surface area contributed by atoms with E-state index in [1.54, 1.807) is 35.9 Å². The van der Waals surface area contributed by atoms with Crippen LogP contribution in [0.5, 0.6) is 0 Å². The monoisotopic (exact) mass is 453 g/mol. The number of anilines is 1. The van der Waals surface area contributed by atoms with Gasteiger partial charge < -0.3 is 10.1 Å². The number of aryl methyl sites for hydroxylation is 1. The van der Waals surface area contributed by atoms with Crippen LogP contribution in [0.15, 0.2) is 54.6 Å².